The number of nitrogens with zero attached hydrogens (tertiary/aromatic N) is 3. The van der Waals surface area contributed by atoms with E-state index in [4.69, 9.17) is 4.42 Å². The average molecular weight is 281 g/mol. The van der Waals surface area contributed by atoms with Crippen molar-refractivity contribution in [2.24, 2.45) is 0 Å². The average Bonchev–Trinajstić information content (AvgIpc) is 2.84. The van der Waals surface area contributed by atoms with Gasteiger partial charge < -0.3 is 4.42 Å². The van der Waals surface area contributed by atoms with Crippen LogP contribution in [0.4, 0.5) is 5.88 Å². The molecule has 106 valence electrons. The summed E-state index contributed by atoms with van der Waals surface area (Å²) in [5, 5.41) is 9.26. The number of rotatable bonds is 2. The molecule has 1 aromatic carbocycles. The van der Waals surface area contributed by atoms with Crippen molar-refractivity contribution < 1.29 is 9.21 Å². The van der Waals surface area contributed by atoms with E-state index in [2.05, 4.69) is 4.98 Å². The number of amides is 1. The number of nitriles is 1. The summed E-state index contributed by atoms with van der Waals surface area (Å²) in [4.78, 5) is 17.9. The maximum atomic E-state index is 12.2. The fourth-order valence-electron chi connectivity index (χ4n) is 2.47. The number of carbonyl (C=O) groups excluding carboxylic acids is 1. The Balaban J connectivity index is 2.00. The Labute approximate surface area is 122 Å². The highest BCUT2D eigenvalue weighted by molar-refractivity contribution is 5.93. The number of aromatic nitrogens is 1. The Kier molecular flexibility index (Phi) is 3.69. The molecule has 0 spiro atoms. The summed E-state index contributed by atoms with van der Waals surface area (Å²) < 4.78 is 5.73. The minimum absolute atomic E-state index is 0.000221. The first-order chi connectivity index (χ1) is 10.3. The lowest BCUT2D eigenvalue weighted by Gasteiger charge is -2.16. The van der Waals surface area contributed by atoms with Gasteiger partial charge in [-0.1, -0.05) is 24.6 Å². The van der Waals surface area contributed by atoms with Crippen LogP contribution in [0.5, 0.6) is 0 Å². The van der Waals surface area contributed by atoms with E-state index >= 15 is 0 Å². The molecule has 1 aromatic heterocycles. The van der Waals surface area contributed by atoms with Crippen LogP contribution in [-0.2, 0) is 4.79 Å². The van der Waals surface area contributed by atoms with Crippen LogP contribution in [0, 0.1) is 11.3 Å². The first-order valence-electron chi connectivity index (χ1n) is 7.06. The maximum Gasteiger partial charge on any atom is 0.241 e. The van der Waals surface area contributed by atoms with Gasteiger partial charge in [-0.15, -0.1) is 0 Å². The van der Waals surface area contributed by atoms with Crippen LogP contribution >= 0.6 is 0 Å². The molecule has 0 atom stereocenters. The molecule has 5 nitrogen and oxygen atoms in total. The molecule has 2 heterocycles. The van der Waals surface area contributed by atoms with Crippen LogP contribution in [0.15, 0.2) is 34.7 Å². The van der Waals surface area contributed by atoms with Gasteiger partial charge in [0.1, 0.15) is 6.07 Å². The van der Waals surface area contributed by atoms with Crippen molar-refractivity contribution in [3.8, 4) is 17.5 Å². The zero-order valence-corrected chi connectivity index (χ0v) is 11.6. The molecule has 1 aliphatic heterocycles. The normalized spacial score (nSPS) is 15.6. The largest absolute Gasteiger partial charge is 0.419 e. The fourth-order valence-corrected chi connectivity index (χ4v) is 2.47. The van der Waals surface area contributed by atoms with Gasteiger partial charge in [0.2, 0.25) is 23.4 Å². The number of anilines is 1. The Hall–Kier alpha value is -2.61. The second kappa shape index (κ2) is 5.80. The van der Waals surface area contributed by atoms with Gasteiger partial charge in [0.25, 0.3) is 0 Å². The van der Waals surface area contributed by atoms with Crippen molar-refractivity contribution in [1.82, 2.24) is 4.98 Å². The minimum atomic E-state index is -0.000221. The van der Waals surface area contributed by atoms with Gasteiger partial charge >= 0.3 is 0 Å². The van der Waals surface area contributed by atoms with Gasteiger partial charge in [-0.2, -0.15) is 10.2 Å². The predicted molar refractivity (Wildman–Crippen MR) is 77.5 cm³/mol. The zero-order chi connectivity index (χ0) is 14.7. The molecule has 21 heavy (non-hydrogen) atoms. The van der Waals surface area contributed by atoms with Crippen molar-refractivity contribution in [1.29, 1.82) is 5.26 Å². The number of oxazole rings is 1. The highest BCUT2D eigenvalue weighted by Gasteiger charge is 2.26. The molecule has 0 saturated carbocycles. The molecule has 1 aliphatic rings. The van der Waals surface area contributed by atoms with Gasteiger partial charge in [0.05, 0.1) is 0 Å². The molecule has 0 unspecified atom stereocenters. The van der Waals surface area contributed by atoms with Crippen molar-refractivity contribution in [2.45, 2.75) is 25.7 Å². The third-order valence-electron chi connectivity index (χ3n) is 3.55. The van der Waals surface area contributed by atoms with Crippen molar-refractivity contribution in [3.05, 3.63) is 36.0 Å². The smallest absolute Gasteiger partial charge is 0.241 e. The van der Waals surface area contributed by atoms with Crippen molar-refractivity contribution in [2.75, 3.05) is 11.4 Å². The lowest BCUT2D eigenvalue weighted by Crippen LogP contribution is -2.30. The van der Waals surface area contributed by atoms with Crippen LogP contribution < -0.4 is 4.90 Å². The SMILES string of the molecule is N#Cc1nc(-c2ccccc2)oc1N1CCCCCC1=O. The molecule has 3 rings (SSSR count). The molecule has 2 aromatic rings. The Morgan fingerprint density at radius 3 is 2.76 bits per heavy atom. The van der Waals surface area contributed by atoms with E-state index in [1.807, 2.05) is 36.4 Å². The second-order valence-corrected chi connectivity index (χ2v) is 5.01. The van der Waals surface area contributed by atoms with Crippen LogP contribution in [0.3, 0.4) is 0 Å². The molecule has 0 aliphatic carbocycles. The Morgan fingerprint density at radius 1 is 1.19 bits per heavy atom. The molecule has 1 fully saturated rings. The number of benzene rings is 1. The van der Waals surface area contributed by atoms with Crippen LogP contribution in [0.1, 0.15) is 31.4 Å². The monoisotopic (exact) mass is 281 g/mol. The lowest BCUT2D eigenvalue weighted by molar-refractivity contribution is -0.118. The minimum Gasteiger partial charge on any atom is -0.419 e. The van der Waals surface area contributed by atoms with Gasteiger partial charge in [-0.25, -0.2) is 0 Å². The number of carbonyl (C=O) groups is 1. The first kappa shape index (κ1) is 13.4. The number of hydrogen-bond donors (Lipinski definition) is 0. The highest BCUT2D eigenvalue weighted by atomic mass is 16.4. The van der Waals surface area contributed by atoms with Gasteiger partial charge in [0, 0.05) is 18.5 Å². The lowest BCUT2D eigenvalue weighted by atomic mass is 10.2. The third kappa shape index (κ3) is 2.65. The fraction of sp³-hybridized carbons (Fsp3) is 0.312. The molecular weight excluding hydrogens is 266 g/mol. The zero-order valence-electron chi connectivity index (χ0n) is 11.6. The van der Waals surface area contributed by atoms with Crippen molar-refractivity contribution in [3.63, 3.8) is 0 Å². The first-order valence-corrected chi connectivity index (χ1v) is 7.06. The summed E-state index contributed by atoms with van der Waals surface area (Å²) in [5.74, 6) is 0.655. The Bertz CT molecular complexity index is 685. The highest BCUT2D eigenvalue weighted by Crippen LogP contribution is 2.29. The van der Waals surface area contributed by atoms with E-state index in [0.29, 0.717) is 18.9 Å². The van der Waals surface area contributed by atoms with Gasteiger partial charge in [-0.05, 0) is 25.0 Å². The summed E-state index contributed by atoms with van der Waals surface area (Å²) in [6.45, 7) is 0.580. The summed E-state index contributed by atoms with van der Waals surface area (Å²) in [7, 11) is 0. The van der Waals surface area contributed by atoms with Crippen LogP contribution in [0.25, 0.3) is 11.5 Å². The van der Waals surface area contributed by atoms with Gasteiger partial charge in [-0.3, -0.25) is 9.69 Å². The summed E-state index contributed by atoms with van der Waals surface area (Å²) >= 11 is 0. The maximum absolute atomic E-state index is 12.2. The summed E-state index contributed by atoms with van der Waals surface area (Å²) in [5.41, 5.74) is 0.964. The van der Waals surface area contributed by atoms with E-state index in [0.717, 1.165) is 24.8 Å². The van der Waals surface area contributed by atoms with Crippen molar-refractivity contribution >= 4 is 11.8 Å². The number of hydrogen-bond acceptors (Lipinski definition) is 4. The molecule has 0 bridgehead atoms. The molecule has 0 radical (unpaired) electrons. The molecule has 0 N–H and O–H groups in total. The predicted octanol–water partition coefficient (Wildman–Crippen LogP) is 3.12. The van der Waals surface area contributed by atoms with Crippen LogP contribution in [-0.4, -0.2) is 17.4 Å². The second-order valence-electron chi connectivity index (χ2n) is 5.01. The molecule has 1 amide bonds. The molecule has 1 saturated heterocycles. The summed E-state index contributed by atoms with van der Waals surface area (Å²) in [6.07, 6.45) is 3.31. The quantitative estimate of drug-likeness (QED) is 0.848. The van der Waals surface area contributed by atoms with E-state index in [9.17, 15) is 10.1 Å². The van der Waals surface area contributed by atoms with E-state index in [-0.39, 0.29) is 17.5 Å². The molecular formula is C16H15N3O2. The van der Waals surface area contributed by atoms with Gasteiger partial charge in [0.15, 0.2) is 0 Å². The standard InChI is InChI=1S/C16H15N3O2/c17-11-13-16(19-10-6-2-5-9-14(19)20)21-15(18-13)12-7-3-1-4-8-12/h1,3-4,7-8H,2,5-6,9-10H2. The van der Waals surface area contributed by atoms with E-state index in [1.54, 1.807) is 4.90 Å². The van der Waals surface area contributed by atoms with Crippen LogP contribution in [0.2, 0.25) is 0 Å². The third-order valence-corrected chi connectivity index (χ3v) is 3.55. The van der Waals surface area contributed by atoms with E-state index < -0.39 is 0 Å². The molecule has 5 heteroatoms. The topological polar surface area (TPSA) is 70.1 Å². The van der Waals surface area contributed by atoms with E-state index in [1.165, 1.54) is 0 Å². The Morgan fingerprint density at radius 2 is 2.00 bits per heavy atom. The summed E-state index contributed by atoms with van der Waals surface area (Å²) in [6, 6.07) is 11.4.